The first-order chi connectivity index (χ1) is 13.8. The topological polar surface area (TPSA) is 81.6 Å². The van der Waals surface area contributed by atoms with Gasteiger partial charge >= 0.3 is 0 Å². The van der Waals surface area contributed by atoms with E-state index in [-0.39, 0.29) is 11.9 Å². The zero-order valence-corrected chi connectivity index (χ0v) is 16.3. The fourth-order valence-corrected chi connectivity index (χ4v) is 3.19. The Morgan fingerprint density at radius 3 is 2.68 bits per heavy atom. The number of hydrogen-bond acceptors (Lipinski definition) is 4. The van der Waals surface area contributed by atoms with Crippen molar-refractivity contribution in [1.29, 1.82) is 0 Å². The first-order valence-electron chi connectivity index (χ1n) is 9.74. The molecular formula is C21H28N6O. The number of pyridine rings is 1. The van der Waals surface area contributed by atoms with Crippen molar-refractivity contribution in [2.24, 2.45) is 4.99 Å². The van der Waals surface area contributed by atoms with E-state index in [1.807, 2.05) is 53.4 Å². The lowest BCUT2D eigenvalue weighted by Crippen LogP contribution is -2.44. The summed E-state index contributed by atoms with van der Waals surface area (Å²) in [6.45, 7) is 2.36. The number of nitrogens with zero attached hydrogens (tertiary/aromatic N) is 3. The van der Waals surface area contributed by atoms with E-state index >= 15 is 0 Å². The maximum absolute atomic E-state index is 12.3. The third-order valence-electron chi connectivity index (χ3n) is 4.62. The van der Waals surface area contributed by atoms with E-state index in [9.17, 15) is 4.79 Å². The molecule has 1 aromatic heterocycles. The molecule has 1 saturated heterocycles. The van der Waals surface area contributed by atoms with E-state index in [1.54, 1.807) is 13.2 Å². The standard InChI is InChI=1S/C21H28N6O/c1-22-21(25-14-8-7-13-24-19-11-5-6-12-23-19)26-17-15-20(28)27(16-17)18-9-3-2-4-10-18/h2-6,9-12,17H,7-8,13-16H2,1H3,(H,23,24)(H2,22,25,26). The van der Waals surface area contributed by atoms with Crippen LogP contribution in [0.2, 0.25) is 0 Å². The van der Waals surface area contributed by atoms with E-state index in [1.165, 1.54) is 0 Å². The molecule has 0 aliphatic carbocycles. The van der Waals surface area contributed by atoms with Gasteiger partial charge in [-0.2, -0.15) is 0 Å². The quantitative estimate of drug-likeness (QED) is 0.372. The van der Waals surface area contributed by atoms with Crippen LogP contribution < -0.4 is 20.9 Å². The average molecular weight is 380 g/mol. The second-order valence-corrected chi connectivity index (χ2v) is 6.73. The number of carbonyl (C=O) groups excluding carboxylic acids is 1. The van der Waals surface area contributed by atoms with E-state index < -0.39 is 0 Å². The highest BCUT2D eigenvalue weighted by molar-refractivity contribution is 5.97. The maximum atomic E-state index is 12.3. The summed E-state index contributed by atoms with van der Waals surface area (Å²) >= 11 is 0. The first-order valence-corrected chi connectivity index (χ1v) is 9.74. The molecule has 0 bridgehead atoms. The first kappa shape index (κ1) is 19.7. The monoisotopic (exact) mass is 380 g/mol. The Morgan fingerprint density at radius 1 is 1.14 bits per heavy atom. The summed E-state index contributed by atoms with van der Waals surface area (Å²) in [5.41, 5.74) is 0.945. The molecule has 148 valence electrons. The van der Waals surface area contributed by atoms with Gasteiger partial charge in [0.25, 0.3) is 0 Å². The predicted molar refractivity (Wildman–Crippen MR) is 114 cm³/mol. The number of unbranched alkanes of at least 4 members (excludes halogenated alkanes) is 1. The highest BCUT2D eigenvalue weighted by Gasteiger charge is 2.30. The van der Waals surface area contributed by atoms with Crippen molar-refractivity contribution in [3.63, 3.8) is 0 Å². The molecule has 1 amide bonds. The van der Waals surface area contributed by atoms with Gasteiger partial charge in [0.05, 0.1) is 6.04 Å². The summed E-state index contributed by atoms with van der Waals surface area (Å²) in [5, 5.41) is 10.00. The SMILES string of the molecule is CN=C(NCCCCNc1ccccn1)NC1CC(=O)N(c2ccccc2)C1. The van der Waals surface area contributed by atoms with Crippen molar-refractivity contribution in [1.82, 2.24) is 15.6 Å². The Hall–Kier alpha value is -3.09. The molecule has 3 rings (SSSR count). The summed E-state index contributed by atoms with van der Waals surface area (Å²) in [6.07, 6.45) is 4.31. The molecule has 7 nitrogen and oxygen atoms in total. The third-order valence-corrected chi connectivity index (χ3v) is 4.62. The van der Waals surface area contributed by atoms with Crippen molar-refractivity contribution in [3.8, 4) is 0 Å². The molecule has 7 heteroatoms. The second kappa shape index (κ2) is 10.3. The van der Waals surface area contributed by atoms with Crippen LogP contribution in [0.15, 0.2) is 59.7 Å². The molecule has 0 spiro atoms. The number of amides is 1. The van der Waals surface area contributed by atoms with Crippen LogP contribution in [0.25, 0.3) is 0 Å². The number of rotatable bonds is 8. The molecule has 1 unspecified atom stereocenters. The average Bonchev–Trinajstić information content (AvgIpc) is 3.11. The molecule has 1 aromatic carbocycles. The van der Waals surface area contributed by atoms with Gasteiger partial charge in [-0.05, 0) is 37.1 Å². The Balaban J connectivity index is 1.35. The number of aliphatic imine (C=N–C) groups is 1. The van der Waals surface area contributed by atoms with Gasteiger partial charge in [0, 0.05) is 45.0 Å². The van der Waals surface area contributed by atoms with E-state index in [2.05, 4.69) is 25.9 Å². The third kappa shape index (κ3) is 5.70. The van der Waals surface area contributed by atoms with Crippen LogP contribution in [-0.2, 0) is 4.79 Å². The molecule has 28 heavy (non-hydrogen) atoms. The van der Waals surface area contributed by atoms with Crippen LogP contribution in [0, 0.1) is 0 Å². The molecule has 1 aliphatic rings. The summed E-state index contributed by atoms with van der Waals surface area (Å²) in [4.78, 5) is 22.7. The van der Waals surface area contributed by atoms with Crippen molar-refractivity contribution in [3.05, 3.63) is 54.7 Å². The zero-order chi connectivity index (χ0) is 19.6. The van der Waals surface area contributed by atoms with E-state index in [4.69, 9.17) is 0 Å². The number of anilines is 2. The smallest absolute Gasteiger partial charge is 0.229 e. The molecule has 1 atom stereocenters. The fourth-order valence-electron chi connectivity index (χ4n) is 3.19. The maximum Gasteiger partial charge on any atom is 0.229 e. The highest BCUT2D eigenvalue weighted by atomic mass is 16.2. The number of benzene rings is 1. The van der Waals surface area contributed by atoms with Gasteiger partial charge in [0.15, 0.2) is 5.96 Å². The molecule has 0 saturated carbocycles. The van der Waals surface area contributed by atoms with Crippen LogP contribution in [0.3, 0.4) is 0 Å². The summed E-state index contributed by atoms with van der Waals surface area (Å²) in [5.74, 6) is 1.78. The van der Waals surface area contributed by atoms with Crippen molar-refractivity contribution < 1.29 is 4.79 Å². The fraction of sp³-hybridized carbons (Fsp3) is 0.381. The number of nitrogens with one attached hydrogen (secondary N) is 3. The van der Waals surface area contributed by atoms with Crippen LogP contribution in [0.4, 0.5) is 11.5 Å². The van der Waals surface area contributed by atoms with Gasteiger partial charge in [0.1, 0.15) is 5.82 Å². The molecule has 1 fully saturated rings. The van der Waals surface area contributed by atoms with E-state index in [0.29, 0.717) is 13.0 Å². The lowest BCUT2D eigenvalue weighted by molar-refractivity contribution is -0.117. The van der Waals surface area contributed by atoms with E-state index in [0.717, 1.165) is 43.4 Å². The number of para-hydroxylation sites is 1. The summed E-state index contributed by atoms with van der Waals surface area (Å²) in [7, 11) is 1.75. The zero-order valence-electron chi connectivity index (χ0n) is 16.3. The minimum Gasteiger partial charge on any atom is -0.370 e. The molecule has 1 aliphatic heterocycles. The highest BCUT2D eigenvalue weighted by Crippen LogP contribution is 2.20. The second-order valence-electron chi connectivity index (χ2n) is 6.73. The van der Waals surface area contributed by atoms with Gasteiger partial charge < -0.3 is 20.9 Å². The number of hydrogen-bond donors (Lipinski definition) is 3. The number of aromatic nitrogens is 1. The van der Waals surface area contributed by atoms with Crippen molar-refractivity contribution in [2.75, 3.05) is 36.9 Å². The van der Waals surface area contributed by atoms with Crippen LogP contribution >= 0.6 is 0 Å². The van der Waals surface area contributed by atoms with Crippen LogP contribution in [0.5, 0.6) is 0 Å². The van der Waals surface area contributed by atoms with Crippen molar-refractivity contribution >= 4 is 23.4 Å². The van der Waals surface area contributed by atoms with Gasteiger partial charge in [-0.1, -0.05) is 24.3 Å². The molecule has 3 N–H and O–H groups in total. The molecule has 0 radical (unpaired) electrons. The lowest BCUT2D eigenvalue weighted by Gasteiger charge is -2.19. The Labute approximate surface area is 166 Å². The molecule has 2 aromatic rings. The lowest BCUT2D eigenvalue weighted by atomic mass is 10.2. The van der Waals surface area contributed by atoms with Gasteiger partial charge in [0.2, 0.25) is 5.91 Å². The predicted octanol–water partition coefficient (Wildman–Crippen LogP) is 2.24. The molecule has 2 heterocycles. The largest absolute Gasteiger partial charge is 0.370 e. The number of guanidine groups is 1. The van der Waals surface area contributed by atoms with Gasteiger partial charge in [-0.3, -0.25) is 9.79 Å². The Bertz CT molecular complexity index is 765. The van der Waals surface area contributed by atoms with Crippen molar-refractivity contribution in [2.45, 2.75) is 25.3 Å². The molecular weight excluding hydrogens is 352 g/mol. The van der Waals surface area contributed by atoms with Gasteiger partial charge in [-0.15, -0.1) is 0 Å². The van der Waals surface area contributed by atoms with Gasteiger partial charge in [-0.25, -0.2) is 4.98 Å². The van der Waals surface area contributed by atoms with Crippen LogP contribution in [-0.4, -0.2) is 49.6 Å². The normalized spacial score (nSPS) is 16.9. The minimum absolute atomic E-state index is 0.0599. The van der Waals surface area contributed by atoms with Crippen LogP contribution in [0.1, 0.15) is 19.3 Å². The number of carbonyl (C=O) groups is 1. The summed E-state index contributed by atoms with van der Waals surface area (Å²) < 4.78 is 0. The Morgan fingerprint density at radius 2 is 1.93 bits per heavy atom. The minimum atomic E-state index is 0.0599. The Kier molecular flexibility index (Phi) is 7.23. The summed E-state index contributed by atoms with van der Waals surface area (Å²) in [6, 6.07) is 15.7.